The first-order valence-corrected chi connectivity index (χ1v) is 6.45. The Hall–Kier alpha value is -2.63. The highest BCUT2D eigenvalue weighted by Gasteiger charge is 2.15. The molecule has 0 aliphatic rings. The van der Waals surface area contributed by atoms with Crippen molar-refractivity contribution in [2.45, 2.75) is 0 Å². The van der Waals surface area contributed by atoms with E-state index in [0.717, 1.165) is 6.07 Å². The Morgan fingerprint density at radius 1 is 1.64 bits per heavy atom. The van der Waals surface area contributed by atoms with E-state index >= 15 is 0 Å². The van der Waals surface area contributed by atoms with Gasteiger partial charge in [-0.15, -0.1) is 0 Å². The third-order valence-corrected chi connectivity index (χ3v) is 2.91. The summed E-state index contributed by atoms with van der Waals surface area (Å²) in [6.45, 7) is 0.111. The lowest BCUT2D eigenvalue weighted by Crippen LogP contribution is -2.20. The van der Waals surface area contributed by atoms with Crippen LogP contribution < -0.4 is 5.32 Å². The van der Waals surface area contributed by atoms with E-state index in [1.165, 1.54) is 23.2 Å². The van der Waals surface area contributed by atoms with Crippen molar-refractivity contribution in [1.29, 1.82) is 5.26 Å². The number of non-ortho nitro benzene ring substituents is 1. The van der Waals surface area contributed by atoms with Gasteiger partial charge in [-0.05, 0) is 6.07 Å². The molecule has 9 heteroatoms. The van der Waals surface area contributed by atoms with Crippen LogP contribution in [0.25, 0.3) is 0 Å². The van der Waals surface area contributed by atoms with Crippen LogP contribution in [0.5, 0.6) is 0 Å². The molecule has 1 aromatic rings. The van der Waals surface area contributed by atoms with Crippen LogP contribution in [0.1, 0.15) is 0 Å². The monoisotopic (exact) mass is 324 g/mol. The van der Waals surface area contributed by atoms with Crippen molar-refractivity contribution in [2.75, 3.05) is 25.5 Å². The Morgan fingerprint density at radius 3 is 2.86 bits per heavy atom. The molecule has 2 N–H and O–H groups in total. The van der Waals surface area contributed by atoms with Crippen LogP contribution in [0.2, 0.25) is 5.02 Å². The fraction of sp³-hybridized carbons (Fsp3) is 0.231. The number of halogens is 1. The number of nitriles is 1. The Balaban J connectivity index is 2.98. The molecule has 0 aliphatic heterocycles. The first-order chi connectivity index (χ1) is 10.4. The minimum atomic E-state index is -0.755. The Labute approximate surface area is 131 Å². The van der Waals surface area contributed by atoms with Crippen LogP contribution in [0.4, 0.5) is 11.4 Å². The van der Waals surface area contributed by atoms with E-state index < -0.39 is 10.8 Å². The summed E-state index contributed by atoms with van der Waals surface area (Å²) in [6.07, 6.45) is 1.26. The molecule has 0 radical (unpaired) electrons. The largest absolute Gasteiger partial charge is 0.395 e. The summed E-state index contributed by atoms with van der Waals surface area (Å²) >= 11 is 5.87. The van der Waals surface area contributed by atoms with Gasteiger partial charge in [-0.1, -0.05) is 11.6 Å². The number of nitro benzene ring substituents is 1. The van der Waals surface area contributed by atoms with E-state index in [4.69, 9.17) is 22.0 Å². The number of anilines is 1. The van der Waals surface area contributed by atoms with Crippen LogP contribution in [0.3, 0.4) is 0 Å². The Morgan fingerprint density at radius 2 is 2.32 bits per heavy atom. The standard InChI is InChI=1S/C13H13ClN4O4/c1-17(4-5-19)8-9(7-15)13(20)16-12-6-10(18(21)22)2-3-11(12)14/h2-3,6,8,19H,4-5H2,1H3,(H,16,20)/b9-8-. The predicted octanol–water partition coefficient (Wildman–Crippen LogP) is 1.52. The minimum Gasteiger partial charge on any atom is -0.395 e. The number of carbonyl (C=O) groups excluding carboxylic acids is 1. The number of hydrogen-bond donors (Lipinski definition) is 2. The van der Waals surface area contributed by atoms with E-state index in [0.29, 0.717) is 0 Å². The molecular weight excluding hydrogens is 312 g/mol. The molecule has 8 nitrogen and oxygen atoms in total. The second kappa shape index (κ2) is 7.97. The van der Waals surface area contributed by atoms with Gasteiger partial charge in [0.1, 0.15) is 11.6 Å². The van der Waals surface area contributed by atoms with Crippen molar-refractivity contribution in [3.63, 3.8) is 0 Å². The number of rotatable bonds is 6. The summed E-state index contributed by atoms with van der Waals surface area (Å²) in [5.41, 5.74) is -0.426. The number of benzene rings is 1. The van der Waals surface area contributed by atoms with Crippen molar-refractivity contribution >= 4 is 28.9 Å². The molecule has 0 aliphatic carbocycles. The van der Waals surface area contributed by atoms with E-state index in [1.54, 1.807) is 13.1 Å². The molecule has 0 unspecified atom stereocenters. The van der Waals surface area contributed by atoms with Gasteiger partial charge in [0.2, 0.25) is 0 Å². The molecule has 0 spiro atoms. The number of nitrogens with one attached hydrogen (secondary N) is 1. The number of amides is 1. The molecule has 0 atom stereocenters. The fourth-order valence-electron chi connectivity index (χ4n) is 1.49. The van der Waals surface area contributed by atoms with Gasteiger partial charge >= 0.3 is 0 Å². The average Bonchev–Trinajstić information content (AvgIpc) is 2.46. The molecule has 1 rings (SSSR count). The number of likely N-dealkylation sites (N-methyl/N-ethyl adjacent to an activating group) is 1. The Kier molecular flexibility index (Phi) is 6.31. The second-order valence-electron chi connectivity index (χ2n) is 4.23. The first-order valence-electron chi connectivity index (χ1n) is 6.07. The normalized spacial score (nSPS) is 10.7. The topological polar surface area (TPSA) is 120 Å². The van der Waals surface area contributed by atoms with Gasteiger partial charge in [0.25, 0.3) is 11.6 Å². The van der Waals surface area contributed by atoms with Crippen molar-refractivity contribution in [2.24, 2.45) is 0 Å². The highest BCUT2D eigenvalue weighted by molar-refractivity contribution is 6.34. The highest BCUT2D eigenvalue weighted by atomic mass is 35.5. The van der Waals surface area contributed by atoms with E-state index in [2.05, 4.69) is 5.32 Å². The summed E-state index contributed by atoms with van der Waals surface area (Å²) < 4.78 is 0. The first kappa shape index (κ1) is 17.4. The summed E-state index contributed by atoms with van der Waals surface area (Å²) in [6, 6.07) is 5.30. The van der Waals surface area contributed by atoms with Gasteiger partial charge in [0.15, 0.2) is 0 Å². The van der Waals surface area contributed by atoms with Crippen molar-refractivity contribution in [3.05, 3.63) is 45.1 Å². The quantitative estimate of drug-likeness (QED) is 0.354. The molecule has 0 saturated heterocycles. The molecule has 116 valence electrons. The molecule has 1 amide bonds. The number of nitrogens with zero attached hydrogens (tertiary/aromatic N) is 3. The molecule has 0 heterocycles. The summed E-state index contributed by atoms with van der Waals surface area (Å²) in [5, 5.41) is 30.9. The second-order valence-corrected chi connectivity index (χ2v) is 4.64. The number of nitro groups is 1. The van der Waals surface area contributed by atoms with Gasteiger partial charge in [-0.3, -0.25) is 14.9 Å². The number of carbonyl (C=O) groups is 1. The van der Waals surface area contributed by atoms with Gasteiger partial charge in [0, 0.05) is 31.9 Å². The third kappa shape index (κ3) is 4.73. The summed E-state index contributed by atoms with van der Waals surface area (Å²) in [7, 11) is 1.58. The molecule has 0 fully saturated rings. The zero-order valence-electron chi connectivity index (χ0n) is 11.6. The van der Waals surface area contributed by atoms with Gasteiger partial charge in [-0.2, -0.15) is 5.26 Å². The smallest absolute Gasteiger partial charge is 0.271 e. The maximum atomic E-state index is 12.0. The summed E-state index contributed by atoms with van der Waals surface area (Å²) in [4.78, 5) is 23.6. The van der Waals surface area contributed by atoms with Crippen molar-refractivity contribution < 1.29 is 14.8 Å². The molecule has 0 saturated carbocycles. The lowest BCUT2D eigenvalue weighted by molar-refractivity contribution is -0.384. The van der Waals surface area contributed by atoms with Crippen LogP contribution in [-0.2, 0) is 4.79 Å². The number of hydrogen-bond acceptors (Lipinski definition) is 6. The molecular formula is C13H13ClN4O4. The van der Waals surface area contributed by atoms with Crippen LogP contribution in [-0.4, -0.2) is 41.0 Å². The van der Waals surface area contributed by atoms with E-state index in [1.807, 2.05) is 0 Å². The fourth-order valence-corrected chi connectivity index (χ4v) is 1.66. The lowest BCUT2D eigenvalue weighted by atomic mass is 10.2. The third-order valence-electron chi connectivity index (χ3n) is 2.58. The lowest BCUT2D eigenvalue weighted by Gasteiger charge is -2.13. The number of aliphatic hydroxyl groups excluding tert-OH is 1. The predicted molar refractivity (Wildman–Crippen MR) is 80.1 cm³/mol. The minimum absolute atomic E-state index is 0.0341. The van der Waals surface area contributed by atoms with Crippen LogP contribution >= 0.6 is 11.6 Å². The average molecular weight is 325 g/mol. The SMILES string of the molecule is CN(/C=C(/C#N)C(=O)Nc1cc([N+](=O)[O-])ccc1Cl)CCO. The molecule has 0 bridgehead atoms. The highest BCUT2D eigenvalue weighted by Crippen LogP contribution is 2.27. The van der Waals surface area contributed by atoms with Crippen molar-refractivity contribution in [1.82, 2.24) is 4.90 Å². The maximum absolute atomic E-state index is 12.0. The molecule has 1 aromatic carbocycles. The number of aliphatic hydroxyl groups is 1. The summed E-state index contributed by atoms with van der Waals surface area (Å²) in [5.74, 6) is -0.755. The molecule has 22 heavy (non-hydrogen) atoms. The van der Waals surface area contributed by atoms with Gasteiger partial charge in [0.05, 0.1) is 22.2 Å². The van der Waals surface area contributed by atoms with Crippen molar-refractivity contribution in [3.8, 4) is 6.07 Å². The molecule has 0 aromatic heterocycles. The van der Waals surface area contributed by atoms with E-state index in [9.17, 15) is 14.9 Å². The van der Waals surface area contributed by atoms with E-state index in [-0.39, 0.29) is 35.1 Å². The zero-order valence-corrected chi connectivity index (χ0v) is 12.4. The van der Waals surface area contributed by atoms with Gasteiger partial charge in [-0.25, -0.2) is 0 Å². The zero-order chi connectivity index (χ0) is 16.7. The van der Waals surface area contributed by atoms with Crippen LogP contribution in [0.15, 0.2) is 30.0 Å². The van der Waals surface area contributed by atoms with Crippen LogP contribution in [0, 0.1) is 21.4 Å². The maximum Gasteiger partial charge on any atom is 0.271 e. The Bertz CT molecular complexity index is 654. The van der Waals surface area contributed by atoms with Gasteiger partial charge < -0.3 is 15.3 Å².